The smallest absolute Gasteiger partial charge is 0.0926 e. The monoisotopic (exact) mass is 270 g/mol. The Kier molecular flexibility index (Phi) is 9.01. The number of aliphatic hydroxyl groups excluding tert-OH is 1. The third kappa shape index (κ3) is 4.82. The predicted molar refractivity (Wildman–Crippen MR) is 66.9 cm³/mol. The zero-order valence-electron chi connectivity index (χ0n) is 7.84. The van der Waals surface area contributed by atoms with Gasteiger partial charge < -0.3 is 10.8 Å². The lowest BCUT2D eigenvalue weighted by Crippen LogP contribution is -2.24. The molecule has 1 aromatic heterocycles. The molecular formula is C9H13Cl3N2O. The molecule has 0 aromatic carbocycles. The van der Waals surface area contributed by atoms with Gasteiger partial charge in [-0.3, -0.25) is 4.98 Å². The van der Waals surface area contributed by atoms with Crippen LogP contribution in [-0.2, 0) is 0 Å². The van der Waals surface area contributed by atoms with Crippen molar-refractivity contribution in [2.75, 3.05) is 0 Å². The second kappa shape index (κ2) is 7.91. The summed E-state index contributed by atoms with van der Waals surface area (Å²) in [4.78, 5) is 3.99. The minimum absolute atomic E-state index is 0. The van der Waals surface area contributed by atoms with Gasteiger partial charge in [0.1, 0.15) is 0 Å². The summed E-state index contributed by atoms with van der Waals surface area (Å²) in [7, 11) is 0. The molecule has 0 bridgehead atoms. The lowest BCUT2D eigenvalue weighted by molar-refractivity contribution is 0.190. The van der Waals surface area contributed by atoms with Crippen molar-refractivity contribution in [2.45, 2.75) is 12.1 Å². The largest absolute Gasteiger partial charge is 0.387 e. The van der Waals surface area contributed by atoms with Crippen LogP contribution in [0.3, 0.4) is 0 Å². The van der Waals surface area contributed by atoms with E-state index in [-0.39, 0.29) is 24.8 Å². The standard InChI is InChI=1S/C9H11ClN2O.2ClH/c1-2-8(13)9(11)7-5-6(10)3-4-12-7;;/h2-5,8-9,13H,1,11H2;2*1H. The number of hydrogen-bond acceptors (Lipinski definition) is 3. The number of rotatable bonds is 3. The van der Waals surface area contributed by atoms with Gasteiger partial charge in [-0.1, -0.05) is 17.7 Å². The fourth-order valence-electron chi connectivity index (χ4n) is 0.925. The topological polar surface area (TPSA) is 59.1 Å². The Labute approximate surface area is 106 Å². The maximum Gasteiger partial charge on any atom is 0.0926 e. The van der Waals surface area contributed by atoms with E-state index in [9.17, 15) is 5.11 Å². The first-order valence-corrected chi connectivity index (χ1v) is 4.20. The van der Waals surface area contributed by atoms with E-state index >= 15 is 0 Å². The molecule has 0 saturated carbocycles. The van der Waals surface area contributed by atoms with Crippen LogP contribution in [0.25, 0.3) is 0 Å². The highest BCUT2D eigenvalue weighted by atomic mass is 35.5. The van der Waals surface area contributed by atoms with E-state index in [1.165, 1.54) is 6.08 Å². The van der Waals surface area contributed by atoms with Crippen LogP contribution in [-0.4, -0.2) is 16.2 Å². The van der Waals surface area contributed by atoms with Crippen LogP contribution in [0.4, 0.5) is 0 Å². The second-order valence-corrected chi connectivity index (χ2v) is 3.09. The molecule has 1 rings (SSSR count). The first-order chi connectivity index (χ1) is 6.15. The molecule has 86 valence electrons. The normalized spacial score (nSPS) is 13.0. The first-order valence-electron chi connectivity index (χ1n) is 3.83. The third-order valence-corrected chi connectivity index (χ3v) is 1.93. The Morgan fingerprint density at radius 1 is 1.53 bits per heavy atom. The molecule has 2 unspecified atom stereocenters. The molecule has 0 spiro atoms. The van der Waals surface area contributed by atoms with Gasteiger partial charge in [0.05, 0.1) is 17.8 Å². The summed E-state index contributed by atoms with van der Waals surface area (Å²) in [5.41, 5.74) is 6.23. The average molecular weight is 272 g/mol. The average Bonchev–Trinajstić information content (AvgIpc) is 2.15. The number of aromatic nitrogens is 1. The summed E-state index contributed by atoms with van der Waals surface area (Å²) >= 11 is 5.73. The number of aliphatic hydroxyl groups is 1. The number of pyridine rings is 1. The van der Waals surface area contributed by atoms with E-state index in [4.69, 9.17) is 17.3 Å². The van der Waals surface area contributed by atoms with Gasteiger partial charge in [-0.15, -0.1) is 31.4 Å². The Hall–Kier alpha value is -0.320. The zero-order chi connectivity index (χ0) is 9.84. The minimum atomic E-state index is -0.800. The van der Waals surface area contributed by atoms with Crippen LogP contribution in [0, 0.1) is 0 Å². The molecule has 0 aliphatic heterocycles. The Balaban J connectivity index is 0. The fraction of sp³-hybridized carbons (Fsp3) is 0.222. The Morgan fingerprint density at radius 3 is 2.60 bits per heavy atom. The molecular weight excluding hydrogens is 258 g/mol. The third-order valence-electron chi connectivity index (χ3n) is 1.69. The lowest BCUT2D eigenvalue weighted by atomic mass is 10.1. The summed E-state index contributed by atoms with van der Waals surface area (Å²) in [6.07, 6.45) is 2.12. The second-order valence-electron chi connectivity index (χ2n) is 2.65. The SMILES string of the molecule is C=CC(O)C(N)c1cc(Cl)ccn1.Cl.Cl. The van der Waals surface area contributed by atoms with Gasteiger partial charge in [0.2, 0.25) is 0 Å². The summed E-state index contributed by atoms with van der Waals surface area (Å²) in [5.74, 6) is 0. The van der Waals surface area contributed by atoms with Crippen molar-refractivity contribution in [1.82, 2.24) is 4.98 Å². The van der Waals surface area contributed by atoms with Gasteiger partial charge in [-0.25, -0.2) is 0 Å². The number of halogens is 3. The Morgan fingerprint density at radius 2 is 2.13 bits per heavy atom. The van der Waals surface area contributed by atoms with Crippen molar-refractivity contribution in [3.8, 4) is 0 Å². The van der Waals surface area contributed by atoms with Gasteiger partial charge in [0.15, 0.2) is 0 Å². The van der Waals surface area contributed by atoms with Crippen LogP contribution in [0.2, 0.25) is 5.02 Å². The molecule has 0 aliphatic rings. The molecule has 2 atom stereocenters. The molecule has 0 fully saturated rings. The molecule has 0 aliphatic carbocycles. The van der Waals surface area contributed by atoms with E-state index in [0.717, 1.165) is 0 Å². The van der Waals surface area contributed by atoms with Crippen molar-refractivity contribution < 1.29 is 5.11 Å². The molecule has 1 heterocycles. The van der Waals surface area contributed by atoms with E-state index in [1.54, 1.807) is 18.3 Å². The Bertz CT molecular complexity index is 309. The van der Waals surface area contributed by atoms with E-state index in [2.05, 4.69) is 11.6 Å². The summed E-state index contributed by atoms with van der Waals surface area (Å²) in [6.45, 7) is 3.44. The molecule has 6 heteroatoms. The number of hydrogen-bond donors (Lipinski definition) is 2. The van der Waals surface area contributed by atoms with Gasteiger partial charge >= 0.3 is 0 Å². The highest BCUT2D eigenvalue weighted by Gasteiger charge is 2.14. The van der Waals surface area contributed by atoms with Crippen LogP contribution in [0.5, 0.6) is 0 Å². The molecule has 15 heavy (non-hydrogen) atoms. The van der Waals surface area contributed by atoms with Gasteiger partial charge in [-0.05, 0) is 12.1 Å². The van der Waals surface area contributed by atoms with Crippen molar-refractivity contribution >= 4 is 36.4 Å². The molecule has 1 aromatic rings. The van der Waals surface area contributed by atoms with Crippen LogP contribution < -0.4 is 5.73 Å². The van der Waals surface area contributed by atoms with E-state index in [0.29, 0.717) is 10.7 Å². The van der Waals surface area contributed by atoms with Gasteiger partial charge in [0, 0.05) is 11.2 Å². The zero-order valence-corrected chi connectivity index (χ0v) is 10.2. The van der Waals surface area contributed by atoms with Crippen LogP contribution in [0.1, 0.15) is 11.7 Å². The first kappa shape index (κ1) is 17.1. The van der Waals surface area contributed by atoms with Crippen molar-refractivity contribution in [1.29, 1.82) is 0 Å². The summed E-state index contributed by atoms with van der Waals surface area (Å²) in [6, 6.07) is 2.70. The van der Waals surface area contributed by atoms with E-state index in [1.807, 2.05) is 0 Å². The summed E-state index contributed by atoms with van der Waals surface area (Å²) < 4.78 is 0. The maximum absolute atomic E-state index is 9.34. The van der Waals surface area contributed by atoms with Gasteiger partial charge in [-0.2, -0.15) is 0 Å². The number of nitrogens with zero attached hydrogens (tertiary/aromatic N) is 1. The van der Waals surface area contributed by atoms with Crippen molar-refractivity contribution in [2.24, 2.45) is 5.73 Å². The molecule has 0 amide bonds. The van der Waals surface area contributed by atoms with Crippen molar-refractivity contribution in [3.05, 3.63) is 41.7 Å². The highest BCUT2D eigenvalue weighted by Crippen LogP contribution is 2.16. The van der Waals surface area contributed by atoms with Crippen LogP contribution in [0.15, 0.2) is 31.0 Å². The highest BCUT2D eigenvalue weighted by molar-refractivity contribution is 6.30. The van der Waals surface area contributed by atoms with E-state index < -0.39 is 12.1 Å². The molecule has 0 saturated heterocycles. The quantitative estimate of drug-likeness (QED) is 0.828. The lowest BCUT2D eigenvalue weighted by Gasteiger charge is -2.14. The summed E-state index contributed by atoms with van der Waals surface area (Å²) in [5, 5.41) is 9.90. The number of nitrogens with two attached hydrogens (primary N) is 1. The maximum atomic E-state index is 9.34. The van der Waals surface area contributed by atoms with Gasteiger partial charge in [0.25, 0.3) is 0 Å². The molecule has 3 N–H and O–H groups in total. The van der Waals surface area contributed by atoms with Crippen LogP contribution >= 0.6 is 36.4 Å². The minimum Gasteiger partial charge on any atom is -0.387 e. The molecule has 3 nitrogen and oxygen atoms in total. The van der Waals surface area contributed by atoms with Crippen molar-refractivity contribution in [3.63, 3.8) is 0 Å². The molecule has 0 radical (unpaired) electrons. The fourth-order valence-corrected chi connectivity index (χ4v) is 1.09. The predicted octanol–water partition coefficient (Wildman–Crippen LogP) is 2.13.